The van der Waals surface area contributed by atoms with Crippen LogP contribution in [0.5, 0.6) is 0 Å². The van der Waals surface area contributed by atoms with Crippen molar-refractivity contribution in [2.24, 2.45) is 5.92 Å². The molecule has 0 bridgehead atoms. The first-order valence-corrected chi connectivity index (χ1v) is 4.27. The van der Waals surface area contributed by atoms with Crippen molar-refractivity contribution in [1.82, 2.24) is 5.32 Å². The van der Waals surface area contributed by atoms with Crippen molar-refractivity contribution < 1.29 is 0 Å². The Balaban J connectivity index is 0.000000371. The lowest BCUT2D eigenvalue weighted by molar-refractivity contribution is 0.619. The highest BCUT2D eigenvalue weighted by Gasteiger charge is 2.15. The summed E-state index contributed by atoms with van der Waals surface area (Å²) in [5.41, 5.74) is 1.24. The van der Waals surface area contributed by atoms with Crippen molar-refractivity contribution in [1.29, 1.82) is 0 Å². The van der Waals surface area contributed by atoms with Crippen molar-refractivity contribution in [2.75, 3.05) is 6.54 Å². The minimum atomic E-state index is 0.759. The van der Waals surface area contributed by atoms with Gasteiger partial charge in [-0.25, -0.2) is 0 Å². The first kappa shape index (κ1) is 9.54. The molecule has 10 heavy (non-hydrogen) atoms. The van der Waals surface area contributed by atoms with E-state index in [1.807, 2.05) is 13.8 Å². The molecule has 0 aromatic rings. The first-order chi connectivity index (χ1) is 4.84. The second-order valence-electron chi connectivity index (χ2n) is 2.35. The number of allylic oxidation sites excluding steroid dienone is 1. The zero-order valence-electron chi connectivity index (χ0n) is 7.41. The maximum Gasteiger partial charge on any atom is 0.0150 e. The summed E-state index contributed by atoms with van der Waals surface area (Å²) in [7, 11) is 0. The molecule has 0 saturated carbocycles. The van der Waals surface area contributed by atoms with Gasteiger partial charge in [0, 0.05) is 12.2 Å². The van der Waals surface area contributed by atoms with Crippen LogP contribution in [0.25, 0.3) is 0 Å². The predicted molar refractivity (Wildman–Crippen MR) is 46.9 cm³/mol. The molecular weight excluding hydrogens is 122 g/mol. The Morgan fingerprint density at radius 2 is 2.20 bits per heavy atom. The molecule has 0 amide bonds. The number of nitrogens with one attached hydrogen (secondary N) is 1. The van der Waals surface area contributed by atoms with E-state index in [0.29, 0.717) is 0 Å². The molecule has 1 aliphatic heterocycles. The monoisotopic (exact) mass is 141 g/mol. The van der Waals surface area contributed by atoms with Crippen LogP contribution in [0.3, 0.4) is 0 Å². The Morgan fingerprint density at radius 3 is 2.40 bits per heavy atom. The average Bonchev–Trinajstić information content (AvgIpc) is 2.39. The maximum absolute atomic E-state index is 3.90. The van der Waals surface area contributed by atoms with Gasteiger partial charge in [0.1, 0.15) is 0 Å². The second kappa shape index (κ2) is 5.33. The predicted octanol–water partition coefficient (Wildman–Crippen LogP) is 2.55. The third-order valence-corrected chi connectivity index (χ3v) is 1.83. The van der Waals surface area contributed by atoms with Crippen LogP contribution in [0.15, 0.2) is 12.3 Å². The fourth-order valence-corrected chi connectivity index (χ4v) is 1.18. The molecule has 1 unspecified atom stereocenters. The van der Waals surface area contributed by atoms with Gasteiger partial charge >= 0.3 is 0 Å². The summed E-state index contributed by atoms with van der Waals surface area (Å²) in [5.74, 6) is 0.759. The summed E-state index contributed by atoms with van der Waals surface area (Å²) in [6.07, 6.45) is 2.53. The van der Waals surface area contributed by atoms with E-state index in [0.717, 1.165) is 12.5 Å². The SMILES string of the molecule is C=C1NCCC1CC.CC. The molecule has 0 spiro atoms. The minimum Gasteiger partial charge on any atom is -0.389 e. The summed E-state index contributed by atoms with van der Waals surface area (Å²) in [5, 5.41) is 3.23. The second-order valence-corrected chi connectivity index (χ2v) is 2.35. The zero-order chi connectivity index (χ0) is 7.98. The van der Waals surface area contributed by atoms with E-state index in [4.69, 9.17) is 0 Å². The largest absolute Gasteiger partial charge is 0.389 e. The van der Waals surface area contributed by atoms with Gasteiger partial charge in [-0.05, 0) is 18.8 Å². The molecule has 1 fully saturated rings. The van der Waals surface area contributed by atoms with Crippen LogP contribution in [-0.2, 0) is 0 Å². The van der Waals surface area contributed by atoms with Gasteiger partial charge in [-0.1, -0.05) is 27.4 Å². The van der Waals surface area contributed by atoms with Gasteiger partial charge in [0.05, 0.1) is 0 Å². The van der Waals surface area contributed by atoms with Crippen LogP contribution in [-0.4, -0.2) is 6.54 Å². The number of hydrogen-bond donors (Lipinski definition) is 1. The fourth-order valence-electron chi connectivity index (χ4n) is 1.18. The summed E-state index contributed by atoms with van der Waals surface area (Å²) >= 11 is 0. The van der Waals surface area contributed by atoms with Gasteiger partial charge in [-0.3, -0.25) is 0 Å². The van der Waals surface area contributed by atoms with Crippen molar-refractivity contribution in [3.8, 4) is 0 Å². The van der Waals surface area contributed by atoms with Gasteiger partial charge in [0.25, 0.3) is 0 Å². The Labute approximate surface area is 64.5 Å². The Hall–Kier alpha value is -0.460. The van der Waals surface area contributed by atoms with E-state index >= 15 is 0 Å². The number of rotatable bonds is 1. The highest BCUT2D eigenvalue weighted by Crippen LogP contribution is 2.19. The molecule has 0 aliphatic carbocycles. The quantitative estimate of drug-likeness (QED) is 0.591. The Kier molecular flexibility index (Phi) is 5.09. The van der Waals surface area contributed by atoms with Gasteiger partial charge in [0.2, 0.25) is 0 Å². The summed E-state index contributed by atoms with van der Waals surface area (Å²) in [6.45, 7) is 11.2. The van der Waals surface area contributed by atoms with E-state index < -0.39 is 0 Å². The van der Waals surface area contributed by atoms with Crippen molar-refractivity contribution in [3.63, 3.8) is 0 Å². The van der Waals surface area contributed by atoms with Crippen LogP contribution >= 0.6 is 0 Å². The molecule has 1 atom stereocenters. The van der Waals surface area contributed by atoms with Crippen LogP contribution in [0.2, 0.25) is 0 Å². The van der Waals surface area contributed by atoms with Crippen molar-refractivity contribution >= 4 is 0 Å². The first-order valence-electron chi connectivity index (χ1n) is 4.27. The topological polar surface area (TPSA) is 12.0 Å². The molecule has 1 heteroatoms. The van der Waals surface area contributed by atoms with E-state index in [2.05, 4.69) is 18.8 Å². The normalized spacial score (nSPS) is 23.1. The average molecular weight is 141 g/mol. The smallest absolute Gasteiger partial charge is 0.0150 e. The Bertz CT molecular complexity index is 96.9. The standard InChI is InChI=1S/C7H13N.C2H6/c1-3-7-4-5-8-6(7)2;1-2/h7-8H,2-5H2,1H3;1-2H3. The number of hydrogen-bond acceptors (Lipinski definition) is 1. The van der Waals surface area contributed by atoms with E-state index in [1.54, 1.807) is 0 Å². The van der Waals surface area contributed by atoms with E-state index in [9.17, 15) is 0 Å². The van der Waals surface area contributed by atoms with Gasteiger partial charge in [-0.2, -0.15) is 0 Å². The highest BCUT2D eigenvalue weighted by molar-refractivity contribution is 5.02. The maximum atomic E-state index is 3.90. The van der Waals surface area contributed by atoms with Crippen molar-refractivity contribution in [2.45, 2.75) is 33.6 Å². The van der Waals surface area contributed by atoms with E-state index in [1.165, 1.54) is 18.5 Å². The minimum absolute atomic E-state index is 0.759. The molecule has 1 N–H and O–H groups in total. The lowest BCUT2D eigenvalue weighted by Gasteiger charge is -2.03. The fraction of sp³-hybridized carbons (Fsp3) is 0.778. The molecule has 1 heterocycles. The molecule has 60 valence electrons. The van der Waals surface area contributed by atoms with Crippen LogP contribution in [0.1, 0.15) is 33.6 Å². The third kappa shape index (κ3) is 2.42. The molecule has 0 radical (unpaired) electrons. The third-order valence-electron chi connectivity index (χ3n) is 1.83. The molecule has 1 nitrogen and oxygen atoms in total. The summed E-state index contributed by atoms with van der Waals surface area (Å²) in [6, 6.07) is 0. The molecule has 1 aliphatic rings. The van der Waals surface area contributed by atoms with Crippen LogP contribution in [0.4, 0.5) is 0 Å². The molecule has 0 aromatic heterocycles. The molecular formula is C9H19N. The van der Waals surface area contributed by atoms with Crippen LogP contribution in [0, 0.1) is 5.92 Å². The van der Waals surface area contributed by atoms with E-state index in [-0.39, 0.29) is 0 Å². The molecule has 0 aromatic carbocycles. The van der Waals surface area contributed by atoms with Gasteiger partial charge in [-0.15, -0.1) is 0 Å². The molecule has 1 saturated heterocycles. The van der Waals surface area contributed by atoms with Gasteiger partial charge < -0.3 is 5.32 Å². The summed E-state index contributed by atoms with van der Waals surface area (Å²) < 4.78 is 0. The lowest BCUT2D eigenvalue weighted by Crippen LogP contribution is -2.04. The van der Waals surface area contributed by atoms with Crippen molar-refractivity contribution in [3.05, 3.63) is 12.3 Å². The lowest BCUT2D eigenvalue weighted by atomic mass is 10.0. The zero-order valence-corrected chi connectivity index (χ0v) is 7.41. The van der Waals surface area contributed by atoms with Gasteiger partial charge in [0.15, 0.2) is 0 Å². The summed E-state index contributed by atoms with van der Waals surface area (Å²) in [4.78, 5) is 0. The molecule has 1 rings (SSSR count). The Morgan fingerprint density at radius 1 is 1.60 bits per heavy atom. The van der Waals surface area contributed by atoms with Crippen LogP contribution < -0.4 is 5.32 Å². The highest BCUT2D eigenvalue weighted by atomic mass is 14.9.